The number of nitrogens with one attached hydrogen (secondary N) is 1. The lowest BCUT2D eigenvalue weighted by molar-refractivity contribution is -0.148. The van der Waals surface area contributed by atoms with E-state index in [-0.39, 0.29) is 30.6 Å². The Morgan fingerprint density at radius 2 is 1.93 bits per heavy atom. The van der Waals surface area contributed by atoms with Crippen LogP contribution in [0.15, 0.2) is 55.1 Å². The summed E-state index contributed by atoms with van der Waals surface area (Å²) in [6.07, 6.45) is 8.11. The van der Waals surface area contributed by atoms with Crippen LogP contribution in [-0.2, 0) is 25.4 Å². The van der Waals surface area contributed by atoms with Gasteiger partial charge in [-0.05, 0) is 54.5 Å². The van der Waals surface area contributed by atoms with E-state index in [1.54, 1.807) is 13.2 Å². The third-order valence-electron chi connectivity index (χ3n) is 6.28. The molecule has 3 rings (SSSR count). The van der Waals surface area contributed by atoms with E-state index < -0.39 is 18.7 Å². The fourth-order valence-corrected chi connectivity index (χ4v) is 4.31. The second kappa shape index (κ2) is 16.5. The van der Waals surface area contributed by atoms with Crippen molar-refractivity contribution in [3.8, 4) is 11.5 Å². The number of esters is 1. The van der Waals surface area contributed by atoms with Crippen LogP contribution < -0.4 is 14.8 Å². The summed E-state index contributed by atoms with van der Waals surface area (Å²) in [4.78, 5) is 16.9. The van der Waals surface area contributed by atoms with Gasteiger partial charge < -0.3 is 29.0 Å². The minimum Gasteiger partial charge on any atom is -0.497 e. The molecule has 0 saturated heterocycles. The minimum absolute atomic E-state index is 0.107. The number of pyridine rings is 1. The highest BCUT2D eigenvalue weighted by Crippen LogP contribution is 2.37. The summed E-state index contributed by atoms with van der Waals surface area (Å²) >= 11 is 12.7. The molecule has 224 valence electrons. The van der Waals surface area contributed by atoms with E-state index in [1.165, 1.54) is 37.7 Å². The third-order valence-corrected chi connectivity index (χ3v) is 6.93. The number of nitrogens with zero attached hydrogens (tertiary/aromatic N) is 1. The van der Waals surface area contributed by atoms with Crippen molar-refractivity contribution in [1.82, 2.24) is 10.3 Å². The van der Waals surface area contributed by atoms with E-state index in [0.29, 0.717) is 52.4 Å². The average Bonchev–Trinajstić information content (AvgIpc) is 3.77. The number of hydrogen-bond donors (Lipinski definition) is 1. The number of halogens is 4. The van der Waals surface area contributed by atoms with Gasteiger partial charge in [0, 0.05) is 32.5 Å². The highest BCUT2D eigenvalue weighted by molar-refractivity contribution is 6.35. The van der Waals surface area contributed by atoms with Gasteiger partial charge in [0.2, 0.25) is 0 Å². The van der Waals surface area contributed by atoms with Crippen LogP contribution in [0.1, 0.15) is 36.5 Å². The summed E-state index contributed by atoms with van der Waals surface area (Å²) in [7, 11) is 3.11. The Bertz CT molecular complexity index is 1180. The molecule has 2 aromatic rings. The fourth-order valence-electron chi connectivity index (χ4n) is 3.79. The Hall–Kier alpha value is -2.92. The quantitative estimate of drug-likeness (QED) is 0.119. The van der Waals surface area contributed by atoms with E-state index in [4.69, 9.17) is 42.1 Å². The molecule has 12 heteroatoms. The van der Waals surface area contributed by atoms with Crippen LogP contribution in [0.5, 0.6) is 11.5 Å². The average molecular weight is 616 g/mol. The van der Waals surface area contributed by atoms with Gasteiger partial charge in [0.1, 0.15) is 11.9 Å². The van der Waals surface area contributed by atoms with Crippen LogP contribution in [0, 0.1) is 5.92 Å². The SMILES string of the molecule is C=C(/C=C\CC(CNCC(=O)O[C@@H](Cc1c(Cl)cncc1Cl)c1ccc(OC(F)F)c(OCC2CC2)c1)OC)OC. The van der Waals surface area contributed by atoms with Gasteiger partial charge in [0.25, 0.3) is 0 Å². The van der Waals surface area contributed by atoms with Crippen LogP contribution in [0.25, 0.3) is 0 Å². The van der Waals surface area contributed by atoms with Crippen molar-refractivity contribution in [2.24, 2.45) is 5.92 Å². The second-order valence-electron chi connectivity index (χ2n) is 9.40. The number of allylic oxidation sites excluding steroid dienone is 1. The number of hydrogen-bond acceptors (Lipinski definition) is 8. The zero-order valence-corrected chi connectivity index (χ0v) is 24.4. The summed E-state index contributed by atoms with van der Waals surface area (Å²) in [5.74, 6) is 0.366. The van der Waals surface area contributed by atoms with Gasteiger partial charge in [0.15, 0.2) is 11.5 Å². The maximum absolute atomic E-state index is 13.0. The number of benzene rings is 1. The maximum Gasteiger partial charge on any atom is 0.387 e. The van der Waals surface area contributed by atoms with Crippen molar-refractivity contribution in [2.75, 3.05) is 33.9 Å². The van der Waals surface area contributed by atoms with E-state index in [2.05, 4.69) is 21.6 Å². The lowest BCUT2D eigenvalue weighted by atomic mass is 10.0. The van der Waals surface area contributed by atoms with E-state index in [9.17, 15) is 13.6 Å². The molecule has 0 amide bonds. The van der Waals surface area contributed by atoms with Gasteiger partial charge in [-0.1, -0.05) is 41.9 Å². The summed E-state index contributed by atoms with van der Waals surface area (Å²) < 4.78 is 52.8. The molecule has 1 fully saturated rings. The highest BCUT2D eigenvalue weighted by atomic mass is 35.5. The lowest BCUT2D eigenvalue weighted by Gasteiger charge is -2.22. The normalized spacial score (nSPS) is 14.6. The molecule has 1 aromatic carbocycles. The molecule has 1 aliphatic rings. The molecule has 41 heavy (non-hydrogen) atoms. The highest BCUT2D eigenvalue weighted by Gasteiger charge is 2.26. The molecule has 8 nitrogen and oxygen atoms in total. The molecule has 1 saturated carbocycles. The summed E-state index contributed by atoms with van der Waals surface area (Å²) in [5.41, 5.74) is 1.01. The van der Waals surface area contributed by atoms with Gasteiger partial charge in [-0.2, -0.15) is 8.78 Å². The van der Waals surface area contributed by atoms with Crippen LogP contribution >= 0.6 is 23.2 Å². The largest absolute Gasteiger partial charge is 0.497 e. The molecule has 0 spiro atoms. The van der Waals surface area contributed by atoms with Gasteiger partial charge in [-0.25, -0.2) is 0 Å². The van der Waals surface area contributed by atoms with Crippen LogP contribution in [0.2, 0.25) is 10.0 Å². The molecule has 0 radical (unpaired) electrons. The second-order valence-corrected chi connectivity index (χ2v) is 10.2. The number of carbonyl (C=O) groups excluding carboxylic acids is 1. The Labute approximate surface area is 248 Å². The molecule has 1 aliphatic carbocycles. The number of carbonyl (C=O) groups is 1. The topological polar surface area (TPSA) is 88.1 Å². The first-order valence-corrected chi connectivity index (χ1v) is 13.8. The Morgan fingerprint density at radius 1 is 1.20 bits per heavy atom. The lowest BCUT2D eigenvalue weighted by Crippen LogP contribution is -2.33. The molecule has 0 bridgehead atoms. The van der Waals surface area contributed by atoms with Crippen molar-refractivity contribution in [2.45, 2.75) is 44.5 Å². The van der Waals surface area contributed by atoms with Crippen molar-refractivity contribution >= 4 is 29.2 Å². The molecule has 1 heterocycles. The monoisotopic (exact) mass is 614 g/mol. The minimum atomic E-state index is -3.02. The molecule has 2 atom stereocenters. The summed E-state index contributed by atoms with van der Waals surface area (Å²) in [6.45, 7) is 1.33. The Balaban J connectivity index is 1.74. The van der Waals surface area contributed by atoms with Gasteiger partial charge in [-0.3, -0.25) is 9.78 Å². The first-order chi connectivity index (χ1) is 19.7. The zero-order valence-electron chi connectivity index (χ0n) is 22.9. The standard InChI is InChI=1S/C29H34Cl2F2N2O6/c1-18(37-2)5-4-6-21(38-3)13-34-16-28(36)40-26(12-22-23(30)14-35-15-24(22)31)20-9-10-25(41-29(32)33)27(11-20)39-17-19-7-8-19/h4-5,9-11,14-15,19,21,26,29,34H,1,6-8,12-13,16-17H2,2-3H3/b5-4-/t21?,26-/m0/s1. The van der Waals surface area contributed by atoms with Crippen LogP contribution in [0.4, 0.5) is 8.78 Å². The van der Waals surface area contributed by atoms with E-state index in [0.717, 1.165) is 12.8 Å². The van der Waals surface area contributed by atoms with Gasteiger partial charge in [0.05, 0.1) is 36.4 Å². The molecule has 1 aromatic heterocycles. The van der Waals surface area contributed by atoms with Crippen molar-refractivity contribution < 1.29 is 37.3 Å². The number of rotatable bonds is 18. The summed E-state index contributed by atoms with van der Waals surface area (Å²) in [6, 6.07) is 4.44. The molecule has 0 aliphatic heterocycles. The van der Waals surface area contributed by atoms with Crippen molar-refractivity contribution in [3.63, 3.8) is 0 Å². The van der Waals surface area contributed by atoms with Gasteiger partial charge >= 0.3 is 12.6 Å². The smallest absolute Gasteiger partial charge is 0.387 e. The first-order valence-electron chi connectivity index (χ1n) is 13.0. The third kappa shape index (κ3) is 11.1. The molecular weight excluding hydrogens is 581 g/mol. The first kappa shape index (κ1) is 32.6. The Kier molecular flexibility index (Phi) is 13.1. The molecular formula is C29H34Cl2F2N2O6. The predicted octanol–water partition coefficient (Wildman–Crippen LogP) is 6.32. The van der Waals surface area contributed by atoms with E-state index in [1.807, 2.05) is 6.08 Å². The Morgan fingerprint density at radius 3 is 2.56 bits per heavy atom. The zero-order chi connectivity index (χ0) is 29.8. The summed E-state index contributed by atoms with van der Waals surface area (Å²) in [5, 5.41) is 3.63. The van der Waals surface area contributed by atoms with Crippen LogP contribution in [-0.4, -0.2) is 57.6 Å². The fraction of sp³-hybridized carbons (Fsp3) is 0.448. The molecule has 1 unspecified atom stereocenters. The van der Waals surface area contributed by atoms with Gasteiger partial charge in [-0.15, -0.1) is 0 Å². The van der Waals surface area contributed by atoms with E-state index >= 15 is 0 Å². The number of aromatic nitrogens is 1. The number of methoxy groups -OCH3 is 2. The maximum atomic E-state index is 13.0. The number of alkyl halides is 2. The van der Waals surface area contributed by atoms with Crippen molar-refractivity contribution in [1.29, 1.82) is 0 Å². The van der Waals surface area contributed by atoms with Crippen molar-refractivity contribution in [3.05, 3.63) is 76.3 Å². The van der Waals surface area contributed by atoms with Crippen LogP contribution in [0.3, 0.4) is 0 Å². The predicted molar refractivity (Wildman–Crippen MR) is 152 cm³/mol. The molecule has 1 N–H and O–H groups in total. The number of ether oxygens (including phenoxy) is 5.